The molecule has 0 atom stereocenters. The first-order valence-electron chi connectivity index (χ1n) is 7.26. The molecule has 0 radical (unpaired) electrons. The highest BCUT2D eigenvalue weighted by atomic mass is 16.5. The number of aryl methyl sites for hydroxylation is 1. The van der Waals surface area contributed by atoms with Crippen LogP contribution in [-0.2, 0) is 22.7 Å². The van der Waals surface area contributed by atoms with Crippen LogP contribution in [0.5, 0.6) is 0 Å². The zero-order chi connectivity index (χ0) is 16.1. The summed E-state index contributed by atoms with van der Waals surface area (Å²) in [5.74, 6) is -0.379. The van der Waals surface area contributed by atoms with Gasteiger partial charge in [0.2, 0.25) is 0 Å². The van der Waals surface area contributed by atoms with Crippen LogP contribution < -0.4 is 5.56 Å². The van der Waals surface area contributed by atoms with Crippen LogP contribution in [0.1, 0.15) is 12.0 Å². The van der Waals surface area contributed by atoms with Gasteiger partial charge in [-0.3, -0.25) is 9.59 Å². The predicted molar refractivity (Wildman–Crippen MR) is 84.7 cm³/mol. The van der Waals surface area contributed by atoms with Gasteiger partial charge in [0.1, 0.15) is 5.52 Å². The molecule has 0 saturated heterocycles. The Labute approximate surface area is 132 Å². The molecule has 0 N–H and O–H groups in total. The Bertz CT molecular complexity index is 875. The van der Waals surface area contributed by atoms with Crippen molar-refractivity contribution in [3.8, 4) is 0 Å². The summed E-state index contributed by atoms with van der Waals surface area (Å²) < 4.78 is 6.15. The van der Waals surface area contributed by atoms with Crippen LogP contribution >= 0.6 is 0 Å². The van der Waals surface area contributed by atoms with Crippen LogP contribution in [0.25, 0.3) is 10.9 Å². The molecule has 6 nitrogen and oxygen atoms in total. The summed E-state index contributed by atoms with van der Waals surface area (Å²) in [4.78, 5) is 24.0. The van der Waals surface area contributed by atoms with Crippen molar-refractivity contribution in [1.29, 1.82) is 0 Å². The van der Waals surface area contributed by atoms with Crippen LogP contribution in [0.4, 0.5) is 0 Å². The van der Waals surface area contributed by atoms with Gasteiger partial charge in [-0.2, -0.15) is 4.68 Å². The molecule has 0 unspecified atom stereocenters. The third kappa shape index (κ3) is 3.60. The highest BCUT2D eigenvalue weighted by Crippen LogP contribution is 2.05. The van der Waals surface area contributed by atoms with Gasteiger partial charge in [-0.1, -0.05) is 47.7 Å². The largest absolute Gasteiger partial charge is 0.442 e. The zero-order valence-corrected chi connectivity index (χ0v) is 12.4. The average molecular weight is 309 g/mol. The van der Waals surface area contributed by atoms with Crippen molar-refractivity contribution in [2.75, 3.05) is 0 Å². The second kappa shape index (κ2) is 6.83. The maximum absolute atomic E-state index is 12.2. The first-order valence-corrected chi connectivity index (χ1v) is 7.26. The fourth-order valence-corrected chi connectivity index (χ4v) is 2.20. The van der Waals surface area contributed by atoms with E-state index in [4.69, 9.17) is 4.74 Å². The number of hydrogen-bond acceptors (Lipinski definition) is 5. The molecule has 3 rings (SSSR count). The van der Waals surface area contributed by atoms with Crippen molar-refractivity contribution in [2.24, 2.45) is 0 Å². The van der Waals surface area contributed by atoms with Gasteiger partial charge in [0.25, 0.3) is 5.56 Å². The molecule has 1 heterocycles. The maximum Gasteiger partial charge on any atom is 0.307 e. The van der Waals surface area contributed by atoms with Crippen LogP contribution in [0.15, 0.2) is 59.4 Å². The summed E-state index contributed by atoms with van der Waals surface area (Å²) in [6.07, 6.45) is 0.845. The second-order valence-corrected chi connectivity index (χ2v) is 5.04. The number of fused-ring (bicyclic) bond motifs is 1. The topological polar surface area (TPSA) is 74.1 Å². The standard InChI is InChI=1S/C17H15N3O3/c21-16(11-10-13-6-2-1-3-7-13)23-12-20-17(22)14-8-4-5-9-15(14)18-19-20/h1-9H,10-12H2. The minimum absolute atomic E-state index is 0.232. The average Bonchev–Trinajstić information content (AvgIpc) is 2.60. The van der Waals surface area contributed by atoms with Crippen molar-refractivity contribution in [3.05, 3.63) is 70.5 Å². The van der Waals surface area contributed by atoms with Crippen molar-refractivity contribution in [2.45, 2.75) is 19.6 Å². The molecular formula is C17H15N3O3. The van der Waals surface area contributed by atoms with Gasteiger partial charge in [-0.15, -0.1) is 5.10 Å². The highest BCUT2D eigenvalue weighted by Gasteiger charge is 2.08. The van der Waals surface area contributed by atoms with Crippen molar-refractivity contribution >= 4 is 16.9 Å². The second-order valence-electron chi connectivity index (χ2n) is 5.04. The Morgan fingerprint density at radius 1 is 1.04 bits per heavy atom. The summed E-state index contributed by atoms with van der Waals surface area (Å²) in [6, 6.07) is 16.6. The number of aromatic nitrogens is 3. The summed E-state index contributed by atoms with van der Waals surface area (Å²) in [6.45, 7) is -0.232. The van der Waals surface area contributed by atoms with Gasteiger partial charge in [-0.05, 0) is 24.1 Å². The Balaban J connectivity index is 1.61. The minimum atomic E-state index is -0.379. The van der Waals surface area contributed by atoms with Gasteiger partial charge < -0.3 is 4.74 Å². The van der Waals surface area contributed by atoms with E-state index in [-0.39, 0.29) is 24.7 Å². The molecule has 0 saturated carbocycles. The molecule has 6 heteroatoms. The van der Waals surface area contributed by atoms with Crippen LogP contribution in [0.3, 0.4) is 0 Å². The summed E-state index contributed by atoms with van der Waals surface area (Å²) in [5.41, 5.74) is 1.25. The minimum Gasteiger partial charge on any atom is -0.442 e. The molecule has 23 heavy (non-hydrogen) atoms. The Morgan fingerprint density at radius 2 is 1.78 bits per heavy atom. The monoisotopic (exact) mass is 309 g/mol. The lowest BCUT2D eigenvalue weighted by atomic mass is 10.1. The molecule has 1 aromatic heterocycles. The number of rotatable bonds is 5. The lowest BCUT2D eigenvalue weighted by Crippen LogP contribution is -2.26. The van der Waals surface area contributed by atoms with Gasteiger partial charge >= 0.3 is 5.97 Å². The Kier molecular flexibility index (Phi) is 4.42. The molecule has 0 aliphatic heterocycles. The number of carbonyl (C=O) groups is 1. The number of nitrogens with zero attached hydrogens (tertiary/aromatic N) is 3. The van der Waals surface area contributed by atoms with Crippen LogP contribution in [0.2, 0.25) is 0 Å². The van der Waals surface area contributed by atoms with E-state index < -0.39 is 0 Å². The molecule has 0 spiro atoms. The molecule has 0 aliphatic rings. The van der Waals surface area contributed by atoms with E-state index in [0.29, 0.717) is 17.3 Å². The summed E-state index contributed by atoms with van der Waals surface area (Å²) >= 11 is 0. The van der Waals surface area contributed by atoms with E-state index in [2.05, 4.69) is 10.3 Å². The molecular weight excluding hydrogens is 294 g/mol. The maximum atomic E-state index is 12.2. The zero-order valence-electron chi connectivity index (χ0n) is 12.4. The van der Waals surface area contributed by atoms with E-state index in [1.54, 1.807) is 24.3 Å². The number of benzene rings is 2. The van der Waals surface area contributed by atoms with Crippen LogP contribution in [0, 0.1) is 0 Å². The molecule has 116 valence electrons. The van der Waals surface area contributed by atoms with Gasteiger partial charge in [0, 0.05) is 6.42 Å². The molecule has 0 fully saturated rings. The molecule has 3 aromatic rings. The Hall–Kier alpha value is -3.02. The molecule has 2 aromatic carbocycles. The van der Waals surface area contributed by atoms with Crippen molar-refractivity contribution in [1.82, 2.24) is 15.0 Å². The lowest BCUT2D eigenvalue weighted by Gasteiger charge is -2.06. The van der Waals surface area contributed by atoms with Gasteiger partial charge in [-0.25, -0.2) is 0 Å². The van der Waals surface area contributed by atoms with Gasteiger partial charge in [0.15, 0.2) is 6.73 Å². The normalized spacial score (nSPS) is 10.6. The fourth-order valence-electron chi connectivity index (χ4n) is 2.20. The van der Waals surface area contributed by atoms with Crippen LogP contribution in [-0.4, -0.2) is 21.0 Å². The lowest BCUT2D eigenvalue weighted by molar-refractivity contribution is -0.148. The fraction of sp³-hybridized carbons (Fsp3) is 0.176. The van der Waals surface area contributed by atoms with E-state index in [1.165, 1.54) is 0 Å². The predicted octanol–water partition coefficient (Wildman–Crippen LogP) is 1.92. The highest BCUT2D eigenvalue weighted by molar-refractivity contribution is 5.76. The first-order chi connectivity index (χ1) is 11.2. The van der Waals surface area contributed by atoms with Gasteiger partial charge in [0.05, 0.1) is 5.39 Å². The summed E-state index contributed by atoms with van der Waals surface area (Å²) in [7, 11) is 0. The van der Waals surface area contributed by atoms with Crippen molar-refractivity contribution < 1.29 is 9.53 Å². The third-order valence-electron chi connectivity index (χ3n) is 3.44. The quantitative estimate of drug-likeness (QED) is 0.673. The van der Waals surface area contributed by atoms with Crippen molar-refractivity contribution in [3.63, 3.8) is 0 Å². The molecule has 0 bridgehead atoms. The first kappa shape index (κ1) is 14.9. The third-order valence-corrected chi connectivity index (χ3v) is 3.44. The SMILES string of the molecule is O=C(CCc1ccccc1)OCn1nnc2ccccc2c1=O. The number of hydrogen-bond donors (Lipinski definition) is 0. The van der Waals surface area contributed by atoms with E-state index >= 15 is 0 Å². The molecule has 0 aliphatic carbocycles. The summed E-state index contributed by atoms with van der Waals surface area (Å²) in [5, 5.41) is 8.16. The number of esters is 1. The number of carbonyl (C=O) groups excluding carboxylic acids is 1. The van der Waals surface area contributed by atoms with E-state index in [0.717, 1.165) is 10.2 Å². The van der Waals surface area contributed by atoms with E-state index in [1.807, 2.05) is 30.3 Å². The number of ether oxygens (including phenoxy) is 1. The Morgan fingerprint density at radius 3 is 2.61 bits per heavy atom. The van der Waals surface area contributed by atoms with E-state index in [9.17, 15) is 9.59 Å². The molecule has 0 amide bonds. The smallest absolute Gasteiger partial charge is 0.307 e.